The molecular weight excluding hydrogens is 310 g/mol. The van der Waals surface area contributed by atoms with Gasteiger partial charge >= 0.3 is 0 Å². The molecule has 0 atom stereocenters. The molecular formula is C17H27N3O2S. The van der Waals surface area contributed by atoms with Gasteiger partial charge in [0.2, 0.25) is 0 Å². The van der Waals surface area contributed by atoms with Gasteiger partial charge in [0, 0.05) is 6.54 Å². The maximum atomic E-state index is 5.81. The zero-order chi connectivity index (χ0) is 16.9. The van der Waals surface area contributed by atoms with Gasteiger partial charge in [-0.05, 0) is 56.2 Å². The van der Waals surface area contributed by atoms with Crippen molar-refractivity contribution in [3.05, 3.63) is 23.8 Å². The number of thiocarbonyl (C=S) groups is 1. The fourth-order valence-corrected chi connectivity index (χ4v) is 2.09. The normalized spacial score (nSPS) is 10.6. The second-order valence-corrected chi connectivity index (χ2v) is 5.33. The number of rotatable bonds is 10. The Bertz CT molecular complexity index is 507. The van der Waals surface area contributed by atoms with Crippen LogP contribution in [0.4, 0.5) is 0 Å². The minimum Gasteiger partial charge on any atom is -0.490 e. The molecule has 0 aliphatic carbocycles. The van der Waals surface area contributed by atoms with Crippen LogP contribution < -0.4 is 20.2 Å². The maximum Gasteiger partial charge on any atom is 0.186 e. The molecule has 1 rings (SSSR count). The Balaban J connectivity index is 2.66. The Kier molecular flexibility index (Phi) is 9.79. The van der Waals surface area contributed by atoms with Crippen molar-refractivity contribution in [2.75, 3.05) is 19.8 Å². The van der Waals surface area contributed by atoms with Crippen LogP contribution in [0.15, 0.2) is 23.3 Å². The first-order valence-corrected chi connectivity index (χ1v) is 8.58. The monoisotopic (exact) mass is 337 g/mol. The van der Waals surface area contributed by atoms with Crippen LogP contribution >= 0.6 is 12.2 Å². The van der Waals surface area contributed by atoms with E-state index >= 15 is 0 Å². The SMILES string of the molecule is CCCCCOc1ccc(/C=N/NC(=S)NCC)cc1OCC. The van der Waals surface area contributed by atoms with Crippen LogP contribution in [0.1, 0.15) is 45.6 Å². The first-order chi connectivity index (χ1) is 11.2. The lowest BCUT2D eigenvalue weighted by Gasteiger charge is -2.12. The van der Waals surface area contributed by atoms with E-state index in [1.807, 2.05) is 32.0 Å². The van der Waals surface area contributed by atoms with E-state index in [2.05, 4.69) is 22.8 Å². The van der Waals surface area contributed by atoms with E-state index in [0.29, 0.717) is 18.3 Å². The van der Waals surface area contributed by atoms with E-state index in [1.165, 1.54) is 12.8 Å². The van der Waals surface area contributed by atoms with E-state index in [1.54, 1.807) is 6.21 Å². The molecule has 6 heteroatoms. The van der Waals surface area contributed by atoms with E-state index in [0.717, 1.165) is 30.0 Å². The van der Waals surface area contributed by atoms with Crippen LogP contribution in [0.3, 0.4) is 0 Å². The Hall–Kier alpha value is -1.82. The third-order valence-corrected chi connectivity index (χ3v) is 3.23. The number of hydrogen-bond donors (Lipinski definition) is 2. The predicted octanol–water partition coefficient (Wildman–Crippen LogP) is 3.47. The Morgan fingerprint density at radius 2 is 2.00 bits per heavy atom. The number of unbranched alkanes of at least 4 members (excludes halogenated alkanes) is 2. The fraction of sp³-hybridized carbons (Fsp3) is 0.529. The van der Waals surface area contributed by atoms with E-state index in [-0.39, 0.29) is 0 Å². The summed E-state index contributed by atoms with van der Waals surface area (Å²) in [5.41, 5.74) is 3.68. The average Bonchev–Trinajstić information content (AvgIpc) is 2.54. The third-order valence-electron chi connectivity index (χ3n) is 2.99. The average molecular weight is 337 g/mol. The highest BCUT2D eigenvalue weighted by Crippen LogP contribution is 2.28. The number of ether oxygens (including phenoxy) is 2. The first kappa shape index (κ1) is 19.2. The number of benzene rings is 1. The minimum atomic E-state index is 0.504. The molecule has 5 nitrogen and oxygen atoms in total. The van der Waals surface area contributed by atoms with Crippen molar-refractivity contribution in [1.29, 1.82) is 0 Å². The van der Waals surface area contributed by atoms with Gasteiger partial charge in [-0.25, -0.2) is 0 Å². The molecule has 0 unspecified atom stereocenters. The van der Waals surface area contributed by atoms with Crippen LogP contribution in [0.5, 0.6) is 11.5 Å². The molecule has 0 radical (unpaired) electrons. The summed E-state index contributed by atoms with van der Waals surface area (Å²) in [4.78, 5) is 0. The second-order valence-electron chi connectivity index (χ2n) is 4.92. The van der Waals surface area contributed by atoms with Crippen LogP contribution in [-0.4, -0.2) is 31.1 Å². The molecule has 0 aliphatic heterocycles. The number of hydrogen-bond acceptors (Lipinski definition) is 4. The standard InChI is InChI=1S/C17H27N3O2S/c1-4-7-8-11-22-15-10-9-14(12-16(15)21-6-3)13-19-20-17(23)18-5-2/h9-10,12-13H,4-8,11H2,1-3H3,(H2,18,20,23)/b19-13+. The fourth-order valence-electron chi connectivity index (χ4n) is 1.89. The van der Waals surface area contributed by atoms with Crippen molar-refractivity contribution < 1.29 is 9.47 Å². The van der Waals surface area contributed by atoms with Crippen molar-refractivity contribution in [3.63, 3.8) is 0 Å². The molecule has 0 amide bonds. The van der Waals surface area contributed by atoms with Gasteiger partial charge in [0.05, 0.1) is 19.4 Å². The lowest BCUT2D eigenvalue weighted by Crippen LogP contribution is -2.31. The zero-order valence-electron chi connectivity index (χ0n) is 14.2. The number of nitrogens with zero attached hydrogens (tertiary/aromatic N) is 1. The number of nitrogens with one attached hydrogen (secondary N) is 2. The van der Waals surface area contributed by atoms with Crippen molar-refractivity contribution in [2.45, 2.75) is 40.0 Å². The number of hydrazone groups is 1. The summed E-state index contributed by atoms with van der Waals surface area (Å²) in [6.07, 6.45) is 5.11. The van der Waals surface area contributed by atoms with Crippen molar-refractivity contribution in [2.24, 2.45) is 5.10 Å². The van der Waals surface area contributed by atoms with Gasteiger partial charge in [0.15, 0.2) is 16.6 Å². The first-order valence-electron chi connectivity index (χ1n) is 8.17. The molecule has 23 heavy (non-hydrogen) atoms. The summed E-state index contributed by atoms with van der Waals surface area (Å²) in [6.45, 7) is 8.17. The highest BCUT2D eigenvalue weighted by atomic mass is 32.1. The van der Waals surface area contributed by atoms with Gasteiger partial charge in [-0.3, -0.25) is 5.43 Å². The Labute approximate surface area is 144 Å². The van der Waals surface area contributed by atoms with Crippen LogP contribution in [0.2, 0.25) is 0 Å². The van der Waals surface area contributed by atoms with E-state index in [4.69, 9.17) is 21.7 Å². The van der Waals surface area contributed by atoms with Gasteiger partial charge in [-0.1, -0.05) is 19.8 Å². The zero-order valence-corrected chi connectivity index (χ0v) is 15.0. The molecule has 0 aliphatic rings. The summed E-state index contributed by atoms with van der Waals surface area (Å²) >= 11 is 5.05. The largest absolute Gasteiger partial charge is 0.490 e. The third kappa shape index (κ3) is 7.83. The molecule has 0 bridgehead atoms. The van der Waals surface area contributed by atoms with Crippen LogP contribution in [-0.2, 0) is 0 Å². The summed E-state index contributed by atoms with van der Waals surface area (Å²) in [5.74, 6) is 1.51. The molecule has 0 heterocycles. The Morgan fingerprint density at radius 1 is 1.17 bits per heavy atom. The summed E-state index contributed by atoms with van der Waals surface area (Å²) in [7, 11) is 0. The maximum absolute atomic E-state index is 5.81. The molecule has 0 aromatic heterocycles. The molecule has 1 aromatic carbocycles. The lowest BCUT2D eigenvalue weighted by atomic mass is 10.2. The van der Waals surface area contributed by atoms with Gasteiger partial charge in [0.1, 0.15) is 0 Å². The molecule has 1 aromatic rings. The summed E-state index contributed by atoms with van der Waals surface area (Å²) in [6, 6.07) is 5.78. The lowest BCUT2D eigenvalue weighted by molar-refractivity contribution is 0.271. The van der Waals surface area contributed by atoms with Gasteiger partial charge in [0.25, 0.3) is 0 Å². The van der Waals surface area contributed by atoms with Gasteiger partial charge in [-0.15, -0.1) is 0 Å². The topological polar surface area (TPSA) is 54.9 Å². The highest BCUT2D eigenvalue weighted by molar-refractivity contribution is 7.80. The molecule has 2 N–H and O–H groups in total. The van der Waals surface area contributed by atoms with Gasteiger partial charge < -0.3 is 14.8 Å². The Morgan fingerprint density at radius 3 is 2.70 bits per heavy atom. The van der Waals surface area contributed by atoms with Crippen LogP contribution in [0, 0.1) is 0 Å². The predicted molar refractivity (Wildman–Crippen MR) is 99.6 cm³/mol. The minimum absolute atomic E-state index is 0.504. The molecule has 0 saturated carbocycles. The smallest absolute Gasteiger partial charge is 0.186 e. The molecule has 0 saturated heterocycles. The quantitative estimate of drug-likeness (QED) is 0.296. The second kappa shape index (κ2) is 11.7. The van der Waals surface area contributed by atoms with E-state index in [9.17, 15) is 0 Å². The van der Waals surface area contributed by atoms with E-state index < -0.39 is 0 Å². The van der Waals surface area contributed by atoms with Gasteiger partial charge in [-0.2, -0.15) is 5.10 Å². The van der Waals surface area contributed by atoms with Crippen molar-refractivity contribution >= 4 is 23.5 Å². The van der Waals surface area contributed by atoms with Crippen LogP contribution in [0.25, 0.3) is 0 Å². The molecule has 0 spiro atoms. The van der Waals surface area contributed by atoms with Crippen molar-refractivity contribution in [3.8, 4) is 11.5 Å². The molecule has 0 fully saturated rings. The highest BCUT2D eigenvalue weighted by Gasteiger charge is 2.05. The summed E-state index contributed by atoms with van der Waals surface area (Å²) < 4.78 is 11.5. The molecule has 128 valence electrons. The van der Waals surface area contributed by atoms with Crippen molar-refractivity contribution in [1.82, 2.24) is 10.7 Å². The summed E-state index contributed by atoms with van der Waals surface area (Å²) in [5, 5.41) is 7.57.